The van der Waals surface area contributed by atoms with Crippen molar-refractivity contribution in [2.75, 3.05) is 13.2 Å². The number of aliphatic hydroxyl groups is 2. The van der Waals surface area contributed by atoms with Crippen molar-refractivity contribution < 1.29 is 24.5 Å². The highest BCUT2D eigenvalue weighted by molar-refractivity contribution is 5.76. The Labute approximate surface area is 378 Å². The molecule has 0 saturated heterocycles. The van der Waals surface area contributed by atoms with Gasteiger partial charge in [0.2, 0.25) is 5.91 Å². The summed E-state index contributed by atoms with van der Waals surface area (Å²) in [5.41, 5.74) is 0. The highest BCUT2D eigenvalue weighted by Gasteiger charge is 2.18. The lowest BCUT2D eigenvalue weighted by molar-refractivity contribution is -0.143. The van der Waals surface area contributed by atoms with Crippen molar-refractivity contribution in [2.24, 2.45) is 0 Å². The number of aliphatic hydroxyl groups excluding tert-OH is 2. The molecule has 2 atom stereocenters. The molecular formula is C55H101NO5. The summed E-state index contributed by atoms with van der Waals surface area (Å²) in [5, 5.41) is 22.9. The zero-order chi connectivity index (χ0) is 44.4. The topological polar surface area (TPSA) is 95.9 Å². The zero-order valence-corrected chi connectivity index (χ0v) is 40.4. The minimum absolute atomic E-state index is 0.0454. The molecule has 0 aliphatic carbocycles. The van der Waals surface area contributed by atoms with E-state index in [1.165, 1.54) is 186 Å². The van der Waals surface area contributed by atoms with Crippen molar-refractivity contribution in [3.8, 4) is 0 Å². The molecule has 0 saturated carbocycles. The summed E-state index contributed by atoms with van der Waals surface area (Å²) in [6.07, 6.45) is 62.9. The molecule has 6 nitrogen and oxygen atoms in total. The lowest BCUT2D eigenvalue weighted by Gasteiger charge is -2.20. The van der Waals surface area contributed by atoms with Gasteiger partial charge in [-0.25, -0.2) is 0 Å². The molecule has 0 spiro atoms. The smallest absolute Gasteiger partial charge is 0.305 e. The van der Waals surface area contributed by atoms with Crippen LogP contribution in [0.15, 0.2) is 48.6 Å². The fourth-order valence-electron chi connectivity index (χ4n) is 7.76. The van der Waals surface area contributed by atoms with Gasteiger partial charge in [-0.1, -0.05) is 223 Å². The summed E-state index contributed by atoms with van der Waals surface area (Å²) in [7, 11) is 0. The molecule has 0 heterocycles. The van der Waals surface area contributed by atoms with E-state index in [2.05, 4.69) is 55.6 Å². The lowest BCUT2D eigenvalue weighted by atomic mass is 10.0. The number of amides is 1. The van der Waals surface area contributed by atoms with Crippen LogP contribution in [0.5, 0.6) is 0 Å². The molecule has 0 bridgehead atoms. The summed E-state index contributed by atoms with van der Waals surface area (Å²) in [4.78, 5) is 24.4. The Hall–Kier alpha value is -2.18. The summed E-state index contributed by atoms with van der Waals surface area (Å²) < 4.78 is 5.40. The first-order chi connectivity index (χ1) is 30.0. The van der Waals surface area contributed by atoms with Gasteiger partial charge >= 0.3 is 5.97 Å². The fourth-order valence-corrected chi connectivity index (χ4v) is 7.76. The summed E-state index contributed by atoms with van der Waals surface area (Å²) >= 11 is 0. The molecule has 0 radical (unpaired) electrons. The van der Waals surface area contributed by atoms with E-state index < -0.39 is 12.1 Å². The van der Waals surface area contributed by atoms with Crippen LogP contribution in [-0.4, -0.2) is 47.4 Å². The predicted molar refractivity (Wildman–Crippen MR) is 264 cm³/mol. The lowest BCUT2D eigenvalue weighted by Crippen LogP contribution is -2.45. The summed E-state index contributed by atoms with van der Waals surface area (Å²) in [5.74, 6) is -0.122. The minimum atomic E-state index is -0.846. The molecule has 2 unspecified atom stereocenters. The molecule has 0 fully saturated rings. The van der Waals surface area contributed by atoms with Gasteiger partial charge in [0, 0.05) is 12.8 Å². The monoisotopic (exact) mass is 856 g/mol. The van der Waals surface area contributed by atoms with Crippen LogP contribution in [0.2, 0.25) is 0 Å². The number of carbonyl (C=O) groups is 2. The van der Waals surface area contributed by atoms with Gasteiger partial charge in [0.1, 0.15) is 0 Å². The Bertz CT molecular complexity index is 1040. The first-order valence-electron chi connectivity index (χ1n) is 26.4. The van der Waals surface area contributed by atoms with E-state index >= 15 is 0 Å². The fraction of sp³-hybridized carbons (Fsp3) is 0.818. The molecule has 1 amide bonds. The molecule has 356 valence electrons. The normalized spacial score (nSPS) is 13.0. The van der Waals surface area contributed by atoms with Gasteiger partial charge in [0.15, 0.2) is 0 Å². The van der Waals surface area contributed by atoms with Crippen LogP contribution in [0.1, 0.15) is 264 Å². The Balaban J connectivity index is 3.47. The Morgan fingerprint density at radius 1 is 0.459 bits per heavy atom. The molecule has 0 rings (SSSR count). The SMILES string of the molecule is CCCCCCC/C=C\CCCCCCCC(=O)OCC/C=C\C/C=C\CCCCCCCCCCCCCCCCC(=O)NC(CO)C(O)/C=C/CCCCCCCCC. The second-order valence-corrected chi connectivity index (χ2v) is 17.8. The first-order valence-corrected chi connectivity index (χ1v) is 26.4. The Morgan fingerprint density at radius 3 is 1.26 bits per heavy atom. The van der Waals surface area contributed by atoms with E-state index in [1.54, 1.807) is 6.08 Å². The van der Waals surface area contributed by atoms with E-state index in [0.29, 0.717) is 19.4 Å². The maximum absolute atomic E-state index is 12.4. The van der Waals surface area contributed by atoms with Crippen molar-refractivity contribution in [3.63, 3.8) is 0 Å². The van der Waals surface area contributed by atoms with E-state index in [9.17, 15) is 19.8 Å². The molecule has 0 aliphatic heterocycles. The largest absolute Gasteiger partial charge is 0.465 e. The quantitative estimate of drug-likeness (QED) is 0.0322. The number of allylic oxidation sites excluding steroid dienone is 6. The maximum atomic E-state index is 12.4. The standard InChI is InChI=1S/C55H101NO5/c1-3-5-7-9-11-13-14-15-26-29-33-37-41-45-49-55(60)61-50-46-42-38-34-30-27-24-22-20-18-16-17-19-21-23-25-28-32-36-40-44-48-54(59)56-52(51-57)53(58)47-43-39-35-31-12-10-8-6-4-2/h14-15,27,30,38,42-43,47,52-53,57-58H,3-13,16-26,28-29,31-37,39-41,44-46,48-51H2,1-2H3,(H,56,59)/b15-14-,30-27-,42-38-,47-43+. The molecule has 3 N–H and O–H groups in total. The van der Waals surface area contributed by atoms with Gasteiger partial charge in [-0.2, -0.15) is 0 Å². The zero-order valence-electron chi connectivity index (χ0n) is 40.4. The van der Waals surface area contributed by atoms with Crippen molar-refractivity contribution in [2.45, 2.75) is 276 Å². The Kier molecular flexibility index (Phi) is 48.7. The van der Waals surface area contributed by atoms with Gasteiger partial charge < -0.3 is 20.3 Å². The number of unbranched alkanes of at least 4 members (excludes halogenated alkanes) is 31. The van der Waals surface area contributed by atoms with Crippen LogP contribution in [0.3, 0.4) is 0 Å². The van der Waals surface area contributed by atoms with Crippen LogP contribution in [0.25, 0.3) is 0 Å². The number of hydrogen-bond donors (Lipinski definition) is 3. The molecule has 0 aromatic rings. The maximum Gasteiger partial charge on any atom is 0.305 e. The van der Waals surface area contributed by atoms with E-state index in [-0.39, 0.29) is 18.5 Å². The summed E-state index contributed by atoms with van der Waals surface area (Å²) in [6.45, 7) is 4.74. The van der Waals surface area contributed by atoms with Gasteiger partial charge in [-0.3, -0.25) is 9.59 Å². The Morgan fingerprint density at radius 2 is 0.820 bits per heavy atom. The second-order valence-electron chi connectivity index (χ2n) is 17.8. The molecule has 61 heavy (non-hydrogen) atoms. The third kappa shape index (κ3) is 47.1. The highest BCUT2D eigenvalue weighted by Crippen LogP contribution is 2.15. The number of hydrogen-bond acceptors (Lipinski definition) is 5. The third-order valence-corrected chi connectivity index (χ3v) is 11.8. The van der Waals surface area contributed by atoms with Crippen molar-refractivity contribution >= 4 is 11.9 Å². The van der Waals surface area contributed by atoms with Crippen molar-refractivity contribution in [3.05, 3.63) is 48.6 Å². The van der Waals surface area contributed by atoms with Gasteiger partial charge in [-0.15, -0.1) is 0 Å². The van der Waals surface area contributed by atoms with Crippen LogP contribution < -0.4 is 5.32 Å². The van der Waals surface area contributed by atoms with Crippen LogP contribution in [-0.2, 0) is 14.3 Å². The van der Waals surface area contributed by atoms with E-state index in [4.69, 9.17) is 4.74 Å². The molecular weight excluding hydrogens is 755 g/mol. The predicted octanol–water partition coefficient (Wildman–Crippen LogP) is 15.8. The number of rotatable bonds is 48. The van der Waals surface area contributed by atoms with E-state index in [0.717, 1.165) is 51.4 Å². The van der Waals surface area contributed by atoms with Gasteiger partial charge in [0.05, 0.1) is 25.4 Å². The molecule has 6 heteroatoms. The van der Waals surface area contributed by atoms with Crippen LogP contribution >= 0.6 is 0 Å². The van der Waals surface area contributed by atoms with Crippen molar-refractivity contribution in [1.29, 1.82) is 0 Å². The second kappa shape index (κ2) is 50.5. The molecule has 0 aromatic heterocycles. The minimum Gasteiger partial charge on any atom is -0.465 e. The molecule has 0 aromatic carbocycles. The average Bonchev–Trinajstić information content (AvgIpc) is 3.26. The number of esters is 1. The highest BCUT2D eigenvalue weighted by atomic mass is 16.5. The van der Waals surface area contributed by atoms with Gasteiger partial charge in [0.25, 0.3) is 0 Å². The number of ether oxygens (including phenoxy) is 1. The first kappa shape index (κ1) is 58.8. The number of carbonyl (C=O) groups excluding carboxylic acids is 2. The third-order valence-electron chi connectivity index (χ3n) is 11.8. The van der Waals surface area contributed by atoms with Crippen LogP contribution in [0.4, 0.5) is 0 Å². The van der Waals surface area contributed by atoms with Crippen molar-refractivity contribution in [1.82, 2.24) is 5.32 Å². The van der Waals surface area contributed by atoms with E-state index in [1.807, 2.05) is 6.08 Å². The summed E-state index contributed by atoms with van der Waals surface area (Å²) in [6, 6.07) is -0.630. The average molecular weight is 856 g/mol. The molecule has 0 aliphatic rings. The number of nitrogens with one attached hydrogen (secondary N) is 1. The van der Waals surface area contributed by atoms with Gasteiger partial charge in [-0.05, 0) is 77.0 Å². The van der Waals surface area contributed by atoms with Crippen LogP contribution in [0, 0.1) is 0 Å².